The van der Waals surface area contributed by atoms with Gasteiger partial charge in [0.2, 0.25) is 0 Å². The molecular formula is C14H20O2. The van der Waals surface area contributed by atoms with E-state index in [0.717, 1.165) is 18.6 Å². The Bertz CT molecular complexity index is 403. The van der Waals surface area contributed by atoms with E-state index in [-0.39, 0.29) is 11.5 Å². The van der Waals surface area contributed by atoms with E-state index in [9.17, 15) is 5.11 Å². The molecule has 0 heterocycles. The molecule has 2 nitrogen and oxygen atoms in total. The molecule has 0 spiro atoms. The van der Waals surface area contributed by atoms with Gasteiger partial charge in [-0.05, 0) is 50.8 Å². The predicted octanol–water partition coefficient (Wildman–Crippen LogP) is 2.72. The zero-order valence-corrected chi connectivity index (χ0v) is 10.5. The molecule has 2 heteroatoms. The lowest BCUT2D eigenvalue weighted by molar-refractivity contribution is 0.149. The number of aliphatic hydroxyl groups is 1. The zero-order chi connectivity index (χ0) is 11.9. The maximum Gasteiger partial charge on any atom is 0.122 e. The van der Waals surface area contributed by atoms with E-state index in [1.807, 2.05) is 6.92 Å². The van der Waals surface area contributed by atoms with Crippen molar-refractivity contribution >= 4 is 0 Å². The lowest BCUT2D eigenvalue weighted by atomic mass is 9.88. The lowest BCUT2D eigenvalue weighted by Gasteiger charge is -2.23. The first kappa shape index (κ1) is 11.5. The van der Waals surface area contributed by atoms with Crippen LogP contribution in [0.5, 0.6) is 5.75 Å². The van der Waals surface area contributed by atoms with E-state index in [0.29, 0.717) is 0 Å². The van der Waals surface area contributed by atoms with Gasteiger partial charge in [-0.25, -0.2) is 0 Å². The Morgan fingerprint density at radius 3 is 2.25 bits per heavy atom. The highest BCUT2D eigenvalue weighted by Crippen LogP contribution is 2.54. The smallest absolute Gasteiger partial charge is 0.122 e. The zero-order valence-electron chi connectivity index (χ0n) is 10.5. The largest absolute Gasteiger partial charge is 0.496 e. The molecule has 16 heavy (non-hydrogen) atoms. The fourth-order valence-corrected chi connectivity index (χ4v) is 2.39. The van der Waals surface area contributed by atoms with Crippen LogP contribution in [0.4, 0.5) is 0 Å². The van der Waals surface area contributed by atoms with Crippen LogP contribution in [0.15, 0.2) is 12.1 Å². The molecule has 1 saturated carbocycles. The Morgan fingerprint density at radius 2 is 1.81 bits per heavy atom. The molecule has 1 N–H and O–H groups in total. The van der Waals surface area contributed by atoms with Crippen molar-refractivity contribution < 1.29 is 9.84 Å². The summed E-state index contributed by atoms with van der Waals surface area (Å²) < 4.78 is 5.45. The van der Waals surface area contributed by atoms with Crippen molar-refractivity contribution in [1.82, 2.24) is 0 Å². The minimum absolute atomic E-state index is 0.0518. The van der Waals surface area contributed by atoms with Crippen molar-refractivity contribution in [3.05, 3.63) is 28.8 Å². The summed E-state index contributed by atoms with van der Waals surface area (Å²) in [6.07, 6.45) is 1.82. The van der Waals surface area contributed by atoms with Crippen LogP contribution in [0, 0.1) is 13.8 Å². The van der Waals surface area contributed by atoms with E-state index < -0.39 is 0 Å². The molecule has 1 aromatic carbocycles. The minimum Gasteiger partial charge on any atom is -0.496 e. The highest BCUT2D eigenvalue weighted by Gasteiger charge is 2.50. The van der Waals surface area contributed by atoms with E-state index in [2.05, 4.69) is 26.0 Å². The maximum absolute atomic E-state index is 9.92. The number of methoxy groups -OCH3 is 1. The highest BCUT2D eigenvalue weighted by molar-refractivity contribution is 5.49. The Hall–Kier alpha value is -1.02. The average Bonchev–Trinajstić information content (AvgIpc) is 3.02. The molecule has 0 amide bonds. The first-order chi connectivity index (χ1) is 7.51. The summed E-state index contributed by atoms with van der Waals surface area (Å²) in [6, 6.07) is 4.25. The second kappa shape index (κ2) is 3.77. The molecule has 88 valence electrons. The normalized spacial score (nSPS) is 19.3. The van der Waals surface area contributed by atoms with Crippen LogP contribution >= 0.6 is 0 Å². The first-order valence-corrected chi connectivity index (χ1v) is 5.85. The van der Waals surface area contributed by atoms with Crippen LogP contribution in [0.2, 0.25) is 0 Å². The Balaban J connectivity index is 2.52. The summed E-state index contributed by atoms with van der Waals surface area (Å²) in [5, 5.41) is 9.92. The SMILES string of the molecule is COc1cc(C)c(C)cc1C1(C(C)O)CC1. The number of hydrogen-bond donors (Lipinski definition) is 1. The van der Waals surface area contributed by atoms with Crippen LogP contribution in [-0.2, 0) is 5.41 Å². The second-order valence-electron chi connectivity index (χ2n) is 4.97. The first-order valence-electron chi connectivity index (χ1n) is 5.85. The molecule has 1 aliphatic rings. The maximum atomic E-state index is 9.92. The summed E-state index contributed by atoms with van der Waals surface area (Å²) in [6.45, 7) is 6.07. The van der Waals surface area contributed by atoms with Gasteiger partial charge in [-0.15, -0.1) is 0 Å². The van der Waals surface area contributed by atoms with Crippen molar-refractivity contribution in [2.45, 2.75) is 45.1 Å². The Labute approximate surface area is 97.3 Å². The lowest BCUT2D eigenvalue weighted by Crippen LogP contribution is -2.23. The highest BCUT2D eigenvalue weighted by atomic mass is 16.5. The van der Waals surface area contributed by atoms with Crippen molar-refractivity contribution in [2.75, 3.05) is 7.11 Å². The summed E-state index contributed by atoms with van der Waals surface area (Å²) in [5.74, 6) is 0.918. The van der Waals surface area contributed by atoms with Gasteiger partial charge in [0, 0.05) is 11.0 Å². The monoisotopic (exact) mass is 220 g/mol. The molecule has 0 bridgehead atoms. The molecule has 0 aliphatic heterocycles. The molecule has 0 aromatic heterocycles. The fraction of sp³-hybridized carbons (Fsp3) is 0.571. The van der Waals surface area contributed by atoms with Gasteiger partial charge in [-0.3, -0.25) is 0 Å². The van der Waals surface area contributed by atoms with Gasteiger partial charge in [-0.2, -0.15) is 0 Å². The molecule has 1 atom stereocenters. The van der Waals surface area contributed by atoms with Gasteiger partial charge >= 0.3 is 0 Å². The quantitative estimate of drug-likeness (QED) is 0.848. The van der Waals surface area contributed by atoms with E-state index in [1.165, 1.54) is 16.7 Å². The van der Waals surface area contributed by atoms with Gasteiger partial charge in [0.25, 0.3) is 0 Å². The van der Waals surface area contributed by atoms with Crippen molar-refractivity contribution in [2.24, 2.45) is 0 Å². The van der Waals surface area contributed by atoms with Gasteiger partial charge < -0.3 is 9.84 Å². The molecule has 0 saturated heterocycles. The van der Waals surface area contributed by atoms with Gasteiger partial charge in [0.1, 0.15) is 5.75 Å². The number of benzene rings is 1. The summed E-state index contributed by atoms with van der Waals surface area (Å²) >= 11 is 0. The third kappa shape index (κ3) is 1.61. The molecule has 1 aliphatic carbocycles. The topological polar surface area (TPSA) is 29.5 Å². The third-order valence-electron chi connectivity index (χ3n) is 3.94. The van der Waals surface area contributed by atoms with Crippen LogP contribution in [-0.4, -0.2) is 18.3 Å². The molecular weight excluding hydrogens is 200 g/mol. The van der Waals surface area contributed by atoms with Gasteiger partial charge in [0.05, 0.1) is 13.2 Å². The number of hydrogen-bond acceptors (Lipinski definition) is 2. The minimum atomic E-state index is -0.302. The Kier molecular flexibility index (Phi) is 2.70. The molecule has 1 fully saturated rings. The Morgan fingerprint density at radius 1 is 1.25 bits per heavy atom. The van der Waals surface area contributed by atoms with E-state index >= 15 is 0 Å². The van der Waals surface area contributed by atoms with Gasteiger partial charge in [0.15, 0.2) is 0 Å². The number of aliphatic hydroxyl groups excluding tert-OH is 1. The number of aryl methyl sites for hydroxylation is 2. The number of rotatable bonds is 3. The average molecular weight is 220 g/mol. The standard InChI is InChI=1S/C14H20O2/c1-9-7-12(13(16-4)8-10(9)2)14(5-6-14)11(3)15/h7-8,11,15H,5-6H2,1-4H3. The van der Waals surface area contributed by atoms with Crippen LogP contribution < -0.4 is 4.74 Å². The second-order valence-corrected chi connectivity index (χ2v) is 4.97. The van der Waals surface area contributed by atoms with Crippen molar-refractivity contribution in [1.29, 1.82) is 0 Å². The summed E-state index contributed by atoms with van der Waals surface area (Å²) in [4.78, 5) is 0. The van der Waals surface area contributed by atoms with E-state index in [4.69, 9.17) is 4.74 Å². The van der Waals surface area contributed by atoms with Crippen LogP contribution in [0.1, 0.15) is 36.5 Å². The molecule has 1 unspecified atom stereocenters. The summed E-state index contributed by atoms with van der Waals surface area (Å²) in [5.41, 5.74) is 3.63. The number of ether oxygens (including phenoxy) is 1. The molecule has 1 aromatic rings. The predicted molar refractivity (Wildman–Crippen MR) is 65.1 cm³/mol. The third-order valence-corrected chi connectivity index (χ3v) is 3.94. The van der Waals surface area contributed by atoms with Crippen molar-refractivity contribution in [3.63, 3.8) is 0 Å². The molecule has 2 rings (SSSR count). The van der Waals surface area contributed by atoms with Crippen LogP contribution in [0.25, 0.3) is 0 Å². The summed E-state index contributed by atoms with van der Waals surface area (Å²) in [7, 11) is 1.70. The fourth-order valence-electron chi connectivity index (χ4n) is 2.39. The van der Waals surface area contributed by atoms with Gasteiger partial charge in [-0.1, -0.05) is 6.07 Å². The van der Waals surface area contributed by atoms with E-state index in [1.54, 1.807) is 7.11 Å². The molecule has 0 radical (unpaired) electrons. The van der Waals surface area contributed by atoms with Crippen LogP contribution in [0.3, 0.4) is 0 Å². The van der Waals surface area contributed by atoms with Crippen molar-refractivity contribution in [3.8, 4) is 5.75 Å².